The lowest BCUT2D eigenvalue weighted by molar-refractivity contribution is -0.134. The van der Waals surface area contributed by atoms with E-state index in [2.05, 4.69) is 15.0 Å². The van der Waals surface area contributed by atoms with Crippen molar-refractivity contribution in [2.24, 2.45) is 5.41 Å². The van der Waals surface area contributed by atoms with Gasteiger partial charge in [-0.1, -0.05) is 43.8 Å². The van der Waals surface area contributed by atoms with Crippen LogP contribution in [0.5, 0.6) is 0 Å². The molecular formula is C26H43FN2O5S. The molecule has 0 fully saturated rings. The summed E-state index contributed by atoms with van der Waals surface area (Å²) < 4.78 is 22.2. The van der Waals surface area contributed by atoms with Gasteiger partial charge in [-0.2, -0.15) is 4.39 Å². The van der Waals surface area contributed by atoms with Crippen LogP contribution >= 0.6 is 11.3 Å². The van der Waals surface area contributed by atoms with Crippen molar-refractivity contribution < 1.29 is 28.2 Å². The Labute approximate surface area is 214 Å². The van der Waals surface area contributed by atoms with Gasteiger partial charge < -0.3 is 14.8 Å². The molecule has 1 aromatic rings. The Bertz CT molecular complexity index is 866. The SMILES string of the molecule is CC(C)(C)NC(=O)c1csc(F)n1.CC(C)=CC(=O)C(C)(C)C.COC(=O)/C=C/COC(C)(C)C. The molecule has 1 aromatic heterocycles. The molecule has 1 rings (SSSR count). The minimum atomic E-state index is -0.584. The molecule has 1 heterocycles. The molecular weight excluding hydrogens is 471 g/mol. The van der Waals surface area contributed by atoms with E-state index in [1.165, 1.54) is 18.6 Å². The summed E-state index contributed by atoms with van der Waals surface area (Å²) in [5.74, 6) is -0.493. The van der Waals surface area contributed by atoms with Crippen molar-refractivity contribution in [2.75, 3.05) is 13.7 Å². The van der Waals surface area contributed by atoms with Crippen LogP contribution in [0.3, 0.4) is 0 Å². The second kappa shape index (κ2) is 15.6. The topological polar surface area (TPSA) is 94.6 Å². The highest BCUT2D eigenvalue weighted by molar-refractivity contribution is 7.08. The summed E-state index contributed by atoms with van der Waals surface area (Å²) in [6, 6.07) is 0. The Hall–Kier alpha value is -2.39. The molecule has 9 heteroatoms. The van der Waals surface area contributed by atoms with Crippen LogP contribution in [0.1, 0.15) is 86.6 Å². The maximum absolute atomic E-state index is 12.4. The van der Waals surface area contributed by atoms with Gasteiger partial charge in [0.15, 0.2) is 5.78 Å². The molecule has 0 radical (unpaired) electrons. The molecule has 0 spiro atoms. The third-order valence-electron chi connectivity index (χ3n) is 3.42. The highest BCUT2D eigenvalue weighted by Gasteiger charge is 2.18. The van der Waals surface area contributed by atoms with Gasteiger partial charge in [0.05, 0.1) is 19.3 Å². The van der Waals surface area contributed by atoms with Crippen molar-refractivity contribution in [3.05, 3.63) is 40.1 Å². The zero-order valence-corrected chi connectivity index (χ0v) is 24.1. The number of rotatable bonds is 5. The van der Waals surface area contributed by atoms with Gasteiger partial charge in [-0.25, -0.2) is 9.78 Å². The number of halogens is 1. The van der Waals surface area contributed by atoms with Gasteiger partial charge >= 0.3 is 5.97 Å². The van der Waals surface area contributed by atoms with Crippen LogP contribution in [0.2, 0.25) is 0 Å². The normalized spacial score (nSPS) is 11.5. The van der Waals surface area contributed by atoms with Crippen molar-refractivity contribution in [3.8, 4) is 0 Å². The number of carbonyl (C=O) groups excluding carboxylic acids is 3. The lowest BCUT2D eigenvalue weighted by Gasteiger charge is -2.19. The number of hydrogen-bond acceptors (Lipinski definition) is 7. The molecule has 7 nitrogen and oxygen atoms in total. The van der Waals surface area contributed by atoms with Gasteiger partial charge in [-0.15, -0.1) is 0 Å². The molecule has 0 aliphatic heterocycles. The number of allylic oxidation sites excluding steroid dienone is 2. The average molecular weight is 515 g/mol. The molecule has 0 aliphatic rings. The Morgan fingerprint density at radius 1 is 1.06 bits per heavy atom. The molecule has 0 bridgehead atoms. The lowest BCUT2D eigenvalue weighted by atomic mass is 9.90. The first-order valence-electron chi connectivity index (χ1n) is 11.2. The van der Waals surface area contributed by atoms with E-state index in [4.69, 9.17) is 4.74 Å². The smallest absolute Gasteiger partial charge is 0.330 e. The molecule has 0 aliphatic carbocycles. The Balaban J connectivity index is 0. The number of aromatic nitrogens is 1. The summed E-state index contributed by atoms with van der Waals surface area (Å²) in [6.45, 7) is 21.5. The Kier molecular flexibility index (Phi) is 15.5. The van der Waals surface area contributed by atoms with E-state index in [9.17, 15) is 18.8 Å². The fourth-order valence-corrected chi connectivity index (χ4v) is 2.27. The number of methoxy groups -OCH3 is 1. The van der Waals surface area contributed by atoms with Crippen LogP contribution < -0.4 is 5.32 Å². The van der Waals surface area contributed by atoms with E-state index in [1.807, 2.05) is 76.2 Å². The number of nitrogens with one attached hydrogen (secondary N) is 1. The summed E-state index contributed by atoms with van der Waals surface area (Å²) in [5, 5.41) is 3.50. The maximum Gasteiger partial charge on any atom is 0.330 e. The summed E-state index contributed by atoms with van der Waals surface area (Å²) in [5.41, 5.74) is 0.492. The van der Waals surface area contributed by atoms with Gasteiger partial charge in [0, 0.05) is 22.4 Å². The monoisotopic (exact) mass is 514 g/mol. The molecule has 0 saturated carbocycles. The van der Waals surface area contributed by atoms with Gasteiger partial charge in [-0.3, -0.25) is 9.59 Å². The molecule has 200 valence electrons. The summed E-state index contributed by atoms with van der Waals surface area (Å²) in [4.78, 5) is 36.5. The first-order chi connectivity index (χ1) is 15.7. The third kappa shape index (κ3) is 21.9. The number of ether oxygens (including phenoxy) is 2. The lowest BCUT2D eigenvalue weighted by Crippen LogP contribution is -2.40. The zero-order valence-electron chi connectivity index (χ0n) is 23.3. The van der Waals surface area contributed by atoms with Crippen LogP contribution in [0.15, 0.2) is 29.2 Å². The van der Waals surface area contributed by atoms with E-state index in [0.717, 1.165) is 16.9 Å². The molecule has 0 saturated heterocycles. The van der Waals surface area contributed by atoms with Crippen LogP contribution in [0.4, 0.5) is 4.39 Å². The predicted octanol–water partition coefficient (Wildman–Crippen LogP) is 5.91. The maximum atomic E-state index is 12.4. The molecule has 0 unspecified atom stereocenters. The second-order valence-electron chi connectivity index (χ2n) is 10.9. The van der Waals surface area contributed by atoms with E-state index in [0.29, 0.717) is 6.61 Å². The standard InChI is InChI=1S/C9H16O3.C9H16O.C8H11FN2OS/c1-9(2,3)12-7-5-6-8(10)11-4;1-7(2)6-8(10)9(3,4)5;1-8(2,3)11-6(12)5-4-13-7(9)10-5/h5-6H,7H2,1-4H3;6H,1-5H3;4H,1-3H3,(H,11,12)/b6-5+;;. The number of ketones is 1. The van der Waals surface area contributed by atoms with E-state index < -0.39 is 5.26 Å². The number of hydrogen-bond donors (Lipinski definition) is 1. The van der Waals surface area contributed by atoms with Crippen molar-refractivity contribution in [2.45, 2.75) is 87.3 Å². The molecule has 35 heavy (non-hydrogen) atoms. The molecule has 0 atom stereocenters. The van der Waals surface area contributed by atoms with Gasteiger partial charge in [0.2, 0.25) is 0 Å². The number of esters is 1. The Morgan fingerprint density at radius 3 is 1.91 bits per heavy atom. The van der Waals surface area contributed by atoms with Crippen LogP contribution in [0.25, 0.3) is 0 Å². The Morgan fingerprint density at radius 2 is 1.60 bits per heavy atom. The van der Waals surface area contributed by atoms with E-state index in [-0.39, 0.29) is 39.9 Å². The number of nitrogens with zero attached hydrogens (tertiary/aromatic N) is 1. The summed E-state index contributed by atoms with van der Waals surface area (Å²) >= 11 is 0.820. The highest BCUT2D eigenvalue weighted by atomic mass is 32.1. The minimum Gasteiger partial charge on any atom is -0.466 e. The second-order valence-corrected chi connectivity index (χ2v) is 11.7. The first kappa shape index (κ1) is 34.8. The third-order valence-corrected chi connectivity index (χ3v) is 4.05. The number of thiazole rings is 1. The zero-order chi connectivity index (χ0) is 28.0. The van der Waals surface area contributed by atoms with Gasteiger partial charge in [0.25, 0.3) is 11.2 Å². The van der Waals surface area contributed by atoms with E-state index >= 15 is 0 Å². The minimum absolute atomic E-state index is 0.137. The first-order valence-corrected chi connectivity index (χ1v) is 12.1. The quantitative estimate of drug-likeness (QED) is 0.388. The van der Waals surface area contributed by atoms with Crippen LogP contribution in [-0.2, 0) is 19.1 Å². The predicted molar refractivity (Wildman–Crippen MR) is 140 cm³/mol. The van der Waals surface area contributed by atoms with Crippen molar-refractivity contribution in [1.29, 1.82) is 0 Å². The van der Waals surface area contributed by atoms with Crippen molar-refractivity contribution in [1.82, 2.24) is 10.3 Å². The molecule has 1 N–H and O–H groups in total. The summed E-state index contributed by atoms with van der Waals surface area (Å²) in [7, 11) is 1.34. The number of amides is 1. The van der Waals surface area contributed by atoms with Crippen molar-refractivity contribution >= 4 is 29.0 Å². The van der Waals surface area contributed by atoms with Crippen LogP contribution in [0, 0.1) is 10.7 Å². The van der Waals surface area contributed by atoms with E-state index in [1.54, 1.807) is 12.2 Å². The van der Waals surface area contributed by atoms with Crippen molar-refractivity contribution in [3.63, 3.8) is 0 Å². The molecule has 0 aromatic carbocycles. The van der Waals surface area contributed by atoms with Gasteiger partial charge in [-0.05, 0) is 61.5 Å². The number of carbonyl (C=O) groups is 3. The fraction of sp³-hybridized carbons (Fsp3) is 0.615. The fourth-order valence-electron chi connectivity index (χ4n) is 1.75. The van der Waals surface area contributed by atoms with Crippen LogP contribution in [-0.4, -0.2) is 47.5 Å². The highest BCUT2D eigenvalue weighted by Crippen LogP contribution is 2.15. The largest absolute Gasteiger partial charge is 0.466 e. The van der Waals surface area contributed by atoms with Gasteiger partial charge in [0.1, 0.15) is 5.69 Å². The molecule has 1 amide bonds. The average Bonchev–Trinajstić information content (AvgIpc) is 3.09. The summed E-state index contributed by atoms with van der Waals surface area (Å²) in [6.07, 6.45) is 4.68.